The van der Waals surface area contributed by atoms with E-state index in [1.54, 1.807) is 4.90 Å². The van der Waals surface area contributed by atoms with Gasteiger partial charge in [-0.25, -0.2) is 8.78 Å². The molecule has 1 aromatic carbocycles. The lowest BCUT2D eigenvalue weighted by Crippen LogP contribution is -2.49. The molecule has 1 aromatic rings. The molecule has 144 valence electrons. The number of ether oxygens (including phenoxy) is 2. The van der Waals surface area contributed by atoms with Gasteiger partial charge in [-0.05, 0) is 25.7 Å². The summed E-state index contributed by atoms with van der Waals surface area (Å²) in [6.07, 6.45) is 1.67. The lowest BCUT2D eigenvalue weighted by atomic mass is 9.89. The maximum atomic E-state index is 14.2. The molecule has 0 spiro atoms. The van der Waals surface area contributed by atoms with E-state index in [0.29, 0.717) is 25.0 Å². The summed E-state index contributed by atoms with van der Waals surface area (Å²) in [5.41, 5.74) is -0.495. The largest absolute Gasteiger partial charge is 0.497 e. The number of rotatable bonds is 4. The predicted octanol–water partition coefficient (Wildman–Crippen LogP) is 2.55. The van der Waals surface area contributed by atoms with Gasteiger partial charge in [0.05, 0.1) is 20.3 Å². The molecule has 2 saturated heterocycles. The van der Waals surface area contributed by atoms with Crippen LogP contribution in [0.1, 0.15) is 30.1 Å². The Hall–Kier alpha value is -1.73. The molecular formula is C19H26F2N2O3. The van der Waals surface area contributed by atoms with Crippen molar-refractivity contribution in [1.29, 1.82) is 0 Å². The minimum Gasteiger partial charge on any atom is -0.497 e. The Morgan fingerprint density at radius 3 is 2.27 bits per heavy atom. The highest BCUT2D eigenvalue weighted by atomic mass is 19.1. The smallest absolute Gasteiger partial charge is 0.259 e. The van der Waals surface area contributed by atoms with E-state index in [4.69, 9.17) is 9.47 Å². The first-order valence-electron chi connectivity index (χ1n) is 9.15. The van der Waals surface area contributed by atoms with Gasteiger partial charge in [0.1, 0.15) is 22.9 Å². The normalized spacial score (nSPS) is 20.8. The number of likely N-dealkylation sites (tertiary alicyclic amines) is 1. The van der Waals surface area contributed by atoms with Crippen molar-refractivity contribution in [3.05, 3.63) is 29.3 Å². The molecule has 5 nitrogen and oxygen atoms in total. The number of hydrogen-bond acceptors (Lipinski definition) is 4. The first-order chi connectivity index (χ1) is 12.5. The van der Waals surface area contributed by atoms with Crippen LogP contribution < -0.4 is 4.74 Å². The maximum Gasteiger partial charge on any atom is 0.259 e. The average molecular weight is 368 g/mol. The number of nitrogens with zero attached hydrogens (tertiary/aromatic N) is 2. The number of benzene rings is 1. The fourth-order valence-electron chi connectivity index (χ4n) is 3.90. The van der Waals surface area contributed by atoms with Crippen molar-refractivity contribution >= 4 is 5.91 Å². The Bertz CT molecular complexity index is 619. The molecule has 0 aliphatic carbocycles. The van der Waals surface area contributed by atoms with Crippen LogP contribution in [0.5, 0.6) is 5.75 Å². The van der Waals surface area contributed by atoms with Gasteiger partial charge in [-0.15, -0.1) is 0 Å². The molecule has 0 bridgehead atoms. The molecule has 7 heteroatoms. The van der Waals surface area contributed by atoms with Crippen LogP contribution in [0.3, 0.4) is 0 Å². The van der Waals surface area contributed by atoms with Crippen LogP contribution in [-0.4, -0.2) is 68.3 Å². The summed E-state index contributed by atoms with van der Waals surface area (Å²) in [5.74, 6) is -1.80. The van der Waals surface area contributed by atoms with E-state index < -0.39 is 23.1 Å². The van der Waals surface area contributed by atoms with Crippen LogP contribution in [0, 0.1) is 17.6 Å². The zero-order valence-electron chi connectivity index (χ0n) is 15.3. The first kappa shape index (κ1) is 19.0. The summed E-state index contributed by atoms with van der Waals surface area (Å²) >= 11 is 0. The fraction of sp³-hybridized carbons (Fsp3) is 0.632. The quantitative estimate of drug-likeness (QED) is 0.819. The summed E-state index contributed by atoms with van der Waals surface area (Å²) < 4.78 is 38.6. The molecule has 3 rings (SSSR count). The standard InChI is InChI=1S/C19H26F2N2O3/c1-13(22-7-9-26-10-8-22)14-3-5-23(6-4-14)19(24)18-16(20)11-15(25-2)12-17(18)21/h11-14H,3-10H2,1-2H3. The lowest BCUT2D eigenvalue weighted by molar-refractivity contribution is -0.00100. The molecule has 1 unspecified atom stereocenters. The minimum absolute atomic E-state index is 0.0644. The molecular weight excluding hydrogens is 342 g/mol. The van der Waals surface area contributed by atoms with Crippen molar-refractivity contribution in [1.82, 2.24) is 9.80 Å². The second kappa shape index (κ2) is 8.31. The van der Waals surface area contributed by atoms with Gasteiger partial charge < -0.3 is 14.4 Å². The SMILES string of the molecule is COc1cc(F)c(C(=O)N2CCC(C(C)N3CCOCC3)CC2)c(F)c1. The molecule has 0 aromatic heterocycles. The van der Waals surface area contributed by atoms with Gasteiger partial charge in [0, 0.05) is 44.4 Å². The third kappa shape index (κ3) is 3.99. The molecule has 2 aliphatic heterocycles. The van der Waals surface area contributed by atoms with Crippen molar-refractivity contribution in [3.63, 3.8) is 0 Å². The van der Waals surface area contributed by atoms with E-state index in [1.807, 2.05) is 0 Å². The van der Waals surface area contributed by atoms with Gasteiger partial charge in [0.2, 0.25) is 0 Å². The van der Waals surface area contributed by atoms with Crippen LogP contribution in [0.15, 0.2) is 12.1 Å². The van der Waals surface area contributed by atoms with Gasteiger partial charge in [-0.1, -0.05) is 0 Å². The summed E-state index contributed by atoms with van der Waals surface area (Å²) in [6.45, 7) is 6.64. The zero-order valence-corrected chi connectivity index (χ0v) is 15.3. The maximum absolute atomic E-state index is 14.2. The molecule has 0 radical (unpaired) electrons. The molecule has 0 saturated carbocycles. The van der Waals surface area contributed by atoms with Gasteiger partial charge >= 0.3 is 0 Å². The summed E-state index contributed by atoms with van der Waals surface area (Å²) in [5, 5.41) is 0. The highest BCUT2D eigenvalue weighted by Crippen LogP contribution is 2.27. The van der Waals surface area contributed by atoms with E-state index >= 15 is 0 Å². The predicted molar refractivity (Wildman–Crippen MR) is 93.4 cm³/mol. The van der Waals surface area contributed by atoms with Crippen LogP contribution in [0.2, 0.25) is 0 Å². The van der Waals surface area contributed by atoms with Crippen LogP contribution in [0.4, 0.5) is 8.78 Å². The zero-order chi connectivity index (χ0) is 18.7. The number of piperidine rings is 1. The summed E-state index contributed by atoms with van der Waals surface area (Å²) in [6, 6.07) is 2.51. The second-order valence-corrected chi connectivity index (χ2v) is 6.98. The van der Waals surface area contributed by atoms with Crippen molar-refractivity contribution in [2.45, 2.75) is 25.8 Å². The van der Waals surface area contributed by atoms with Crippen molar-refractivity contribution < 1.29 is 23.0 Å². The first-order valence-corrected chi connectivity index (χ1v) is 9.15. The molecule has 2 aliphatic rings. The molecule has 2 fully saturated rings. The van der Waals surface area contributed by atoms with Gasteiger partial charge in [-0.3, -0.25) is 9.69 Å². The number of hydrogen-bond donors (Lipinski definition) is 0. The number of carbonyl (C=O) groups is 1. The monoisotopic (exact) mass is 368 g/mol. The molecule has 0 N–H and O–H groups in total. The topological polar surface area (TPSA) is 42.0 Å². The third-order valence-electron chi connectivity index (χ3n) is 5.60. The Morgan fingerprint density at radius 1 is 1.15 bits per heavy atom. The number of morpholine rings is 1. The van der Waals surface area contributed by atoms with E-state index in [2.05, 4.69) is 11.8 Å². The van der Waals surface area contributed by atoms with E-state index in [1.165, 1.54) is 7.11 Å². The third-order valence-corrected chi connectivity index (χ3v) is 5.60. The highest BCUT2D eigenvalue weighted by molar-refractivity contribution is 5.95. The Kier molecular flexibility index (Phi) is 6.09. The minimum atomic E-state index is -0.879. The van der Waals surface area contributed by atoms with Gasteiger partial charge in [-0.2, -0.15) is 0 Å². The van der Waals surface area contributed by atoms with Crippen molar-refractivity contribution in [3.8, 4) is 5.75 Å². The molecule has 1 atom stereocenters. The van der Waals surface area contributed by atoms with E-state index in [-0.39, 0.29) is 5.75 Å². The van der Waals surface area contributed by atoms with Crippen LogP contribution in [-0.2, 0) is 4.74 Å². The number of amides is 1. The van der Waals surface area contributed by atoms with Gasteiger partial charge in [0.25, 0.3) is 5.91 Å². The second-order valence-electron chi connectivity index (χ2n) is 6.98. The van der Waals surface area contributed by atoms with E-state index in [0.717, 1.165) is 51.3 Å². The average Bonchev–Trinajstić information content (AvgIpc) is 2.67. The van der Waals surface area contributed by atoms with Crippen LogP contribution >= 0.6 is 0 Å². The van der Waals surface area contributed by atoms with Gasteiger partial charge in [0.15, 0.2) is 0 Å². The Morgan fingerprint density at radius 2 is 1.73 bits per heavy atom. The van der Waals surface area contributed by atoms with Crippen molar-refractivity contribution in [2.24, 2.45) is 5.92 Å². The summed E-state index contributed by atoms with van der Waals surface area (Å²) in [7, 11) is 1.33. The molecule has 1 amide bonds. The fourth-order valence-corrected chi connectivity index (χ4v) is 3.90. The van der Waals surface area contributed by atoms with Crippen molar-refractivity contribution in [2.75, 3.05) is 46.5 Å². The molecule has 2 heterocycles. The van der Waals surface area contributed by atoms with E-state index in [9.17, 15) is 13.6 Å². The molecule has 26 heavy (non-hydrogen) atoms. The van der Waals surface area contributed by atoms with Crippen LogP contribution in [0.25, 0.3) is 0 Å². The number of methoxy groups -OCH3 is 1. The number of carbonyl (C=O) groups excluding carboxylic acids is 1. The Balaban J connectivity index is 1.62. The Labute approximate surface area is 152 Å². The summed E-state index contributed by atoms with van der Waals surface area (Å²) in [4.78, 5) is 16.6. The highest BCUT2D eigenvalue weighted by Gasteiger charge is 2.32. The lowest BCUT2D eigenvalue weighted by Gasteiger charge is -2.41. The number of halogens is 2.